The number of nitrogens with one attached hydrogen (secondary N) is 1. The Morgan fingerprint density at radius 3 is 2.66 bits per heavy atom. The number of ether oxygens (including phenoxy) is 3. The quantitative estimate of drug-likeness (QED) is 0.522. The molecule has 10 nitrogen and oxygen atoms in total. The zero-order chi connectivity index (χ0) is 26.6. The van der Waals surface area contributed by atoms with Gasteiger partial charge in [0.25, 0.3) is 0 Å². The van der Waals surface area contributed by atoms with Crippen LogP contribution in [-0.4, -0.2) is 90.1 Å². The summed E-state index contributed by atoms with van der Waals surface area (Å²) in [4.78, 5) is 32.0. The van der Waals surface area contributed by atoms with E-state index >= 15 is 0 Å². The number of hydrogen-bond acceptors (Lipinski definition) is 8. The lowest BCUT2D eigenvalue weighted by Crippen LogP contribution is -2.50. The molecule has 11 heteroatoms. The van der Waals surface area contributed by atoms with Crippen LogP contribution in [-0.2, 0) is 9.47 Å². The number of piperazine rings is 1. The summed E-state index contributed by atoms with van der Waals surface area (Å²) in [7, 11) is 1.67. The molecule has 1 aromatic carbocycles. The first kappa shape index (κ1) is 25.1. The number of aromatic nitrogens is 3. The van der Waals surface area contributed by atoms with Gasteiger partial charge in [0.2, 0.25) is 0 Å². The number of methoxy groups -OCH3 is 1. The lowest BCUT2D eigenvalue weighted by atomic mass is 10.1. The molecule has 3 saturated heterocycles. The molecule has 0 saturated carbocycles. The van der Waals surface area contributed by atoms with Crippen LogP contribution in [0.15, 0.2) is 24.4 Å². The minimum Gasteiger partial charge on any atom is -0.496 e. The third kappa shape index (κ3) is 4.49. The second-order valence-corrected chi connectivity index (χ2v) is 11.5. The van der Waals surface area contributed by atoms with Crippen molar-refractivity contribution in [2.45, 2.75) is 44.9 Å². The Morgan fingerprint density at radius 2 is 1.97 bits per heavy atom. The van der Waals surface area contributed by atoms with Gasteiger partial charge in [0.15, 0.2) is 5.65 Å². The zero-order valence-electron chi connectivity index (χ0n) is 22.2. The number of anilines is 2. The highest BCUT2D eigenvalue weighted by Gasteiger charge is 2.47. The average Bonchev–Trinajstić information content (AvgIpc) is 3.62. The smallest absolute Gasteiger partial charge is 0.410 e. The highest BCUT2D eigenvalue weighted by molar-refractivity contribution is 6.34. The Balaban J connectivity index is 1.29. The van der Waals surface area contributed by atoms with Crippen LogP contribution in [0.25, 0.3) is 22.6 Å². The fraction of sp³-hybridized carbons (Fsp3) is 0.519. The van der Waals surface area contributed by atoms with Crippen LogP contribution in [0.4, 0.5) is 16.2 Å². The summed E-state index contributed by atoms with van der Waals surface area (Å²) in [6.45, 7) is 10.1. The van der Waals surface area contributed by atoms with Crippen LogP contribution >= 0.6 is 11.6 Å². The SMILES string of the molecule is COc1cc(N2CCOCC2)ccc1-c1nc2c(N3C[C@@H]4C[C@H]3CN4C(=O)OC(C)(C)C)c(Cl)cnc2[nH]1. The van der Waals surface area contributed by atoms with Gasteiger partial charge in [0.1, 0.15) is 22.7 Å². The van der Waals surface area contributed by atoms with Gasteiger partial charge in [-0.3, -0.25) is 0 Å². The van der Waals surface area contributed by atoms with E-state index in [0.29, 0.717) is 35.1 Å². The average molecular weight is 541 g/mol. The van der Waals surface area contributed by atoms with Crippen molar-refractivity contribution in [3.8, 4) is 17.1 Å². The first-order chi connectivity index (χ1) is 18.2. The van der Waals surface area contributed by atoms with Crippen LogP contribution in [0.1, 0.15) is 27.2 Å². The van der Waals surface area contributed by atoms with Crippen LogP contribution in [0.2, 0.25) is 5.02 Å². The first-order valence-electron chi connectivity index (χ1n) is 13.0. The van der Waals surface area contributed by atoms with Crippen LogP contribution < -0.4 is 14.5 Å². The number of halogens is 1. The van der Waals surface area contributed by atoms with Gasteiger partial charge in [-0.1, -0.05) is 11.6 Å². The highest BCUT2D eigenvalue weighted by atomic mass is 35.5. The molecule has 0 radical (unpaired) electrons. The summed E-state index contributed by atoms with van der Waals surface area (Å²) in [6.07, 6.45) is 2.27. The van der Waals surface area contributed by atoms with E-state index in [1.807, 2.05) is 37.8 Å². The second-order valence-electron chi connectivity index (χ2n) is 11.0. The number of H-pyrrole nitrogens is 1. The Kier molecular flexibility index (Phi) is 6.26. The topological polar surface area (TPSA) is 96.1 Å². The number of nitrogens with zero attached hydrogens (tertiary/aromatic N) is 5. The van der Waals surface area contributed by atoms with Crippen molar-refractivity contribution < 1.29 is 19.0 Å². The summed E-state index contributed by atoms with van der Waals surface area (Å²) in [5, 5.41) is 0.543. The van der Waals surface area contributed by atoms with E-state index in [2.05, 4.69) is 25.8 Å². The fourth-order valence-corrected chi connectivity index (χ4v) is 5.94. The molecule has 3 aromatic rings. The maximum absolute atomic E-state index is 12.7. The number of likely N-dealkylation sites (tertiary alicyclic amines) is 1. The number of amides is 1. The van der Waals surface area contributed by atoms with Crippen LogP contribution in [0.5, 0.6) is 5.75 Å². The molecule has 38 heavy (non-hydrogen) atoms. The van der Waals surface area contributed by atoms with Crippen LogP contribution in [0.3, 0.4) is 0 Å². The molecule has 2 bridgehead atoms. The molecule has 1 amide bonds. The summed E-state index contributed by atoms with van der Waals surface area (Å²) in [5.41, 5.74) is 3.64. The molecule has 3 fully saturated rings. The molecule has 202 valence electrons. The molecular weight excluding hydrogens is 508 g/mol. The third-order valence-corrected chi connectivity index (χ3v) is 7.69. The number of fused-ring (bicyclic) bond motifs is 3. The normalized spacial score (nSPS) is 21.4. The van der Waals surface area contributed by atoms with Crippen molar-refractivity contribution in [2.24, 2.45) is 0 Å². The van der Waals surface area contributed by atoms with Crippen molar-refractivity contribution in [3.63, 3.8) is 0 Å². The summed E-state index contributed by atoms with van der Waals surface area (Å²) >= 11 is 6.72. The molecule has 5 heterocycles. The predicted molar refractivity (Wildman–Crippen MR) is 146 cm³/mol. The molecule has 6 rings (SSSR count). The molecule has 1 N–H and O–H groups in total. The van der Waals surface area contributed by atoms with Gasteiger partial charge in [-0.15, -0.1) is 0 Å². The van der Waals surface area contributed by atoms with Gasteiger partial charge in [-0.05, 0) is 39.3 Å². The number of carbonyl (C=O) groups is 1. The van der Waals surface area contributed by atoms with Crippen molar-refractivity contribution in [1.29, 1.82) is 0 Å². The number of hydrogen-bond donors (Lipinski definition) is 1. The standard InChI is InChI=1S/C27H33ClN6O4/c1-27(2,3)38-26(35)34-15-17-11-18(34)14-33(17)23-20(28)13-29-25-22(23)30-24(31-25)19-6-5-16(12-21(19)36-4)32-7-9-37-10-8-32/h5-6,12-13,17-18H,7-11,14-15H2,1-4H3,(H,29,30,31)/t17-,18-/m0/s1. The van der Waals surface area contributed by atoms with E-state index in [0.717, 1.165) is 55.4 Å². The molecule has 0 spiro atoms. The van der Waals surface area contributed by atoms with Crippen LogP contribution in [0, 0.1) is 0 Å². The van der Waals surface area contributed by atoms with E-state index in [9.17, 15) is 4.79 Å². The minimum atomic E-state index is -0.522. The van der Waals surface area contributed by atoms with Gasteiger partial charge in [0, 0.05) is 44.0 Å². The van der Waals surface area contributed by atoms with Gasteiger partial charge in [0.05, 0.1) is 48.8 Å². The lowest BCUT2D eigenvalue weighted by Gasteiger charge is -2.36. The number of imidazole rings is 1. The largest absolute Gasteiger partial charge is 0.496 e. The highest BCUT2D eigenvalue weighted by Crippen LogP contribution is 2.42. The zero-order valence-corrected chi connectivity index (χ0v) is 22.9. The fourth-order valence-electron chi connectivity index (χ4n) is 5.70. The number of morpholine rings is 1. The minimum absolute atomic E-state index is 0.0698. The van der Waals surface area contributed by atoms with E-state index in [1.165, 1.54) is 0 Å². The van der Waals surface area contributed by atoms with E-state index < -0.39 is 5.60 Å². The maximum atomic E-state index is 12.7. The molecular formula is C27H33ClN6O4. The lowest BCUT2D eigenvalue weighted by molar-refractivity contribution is 0.0215. The monoisotopic (exact) mass is 540 g/mol. The Morgan fingerprint density at radius 1 is 1.18 bits per heavy atom. The Hall–Kier alpha value is -3.24. The number of aromatic amines is 1. The molecule has 2 atom stereocenters. The third-order valence-electron chi connectivity index (χ3n) is 7.41. The predicted octanol–water partition coefficient (Wildman–Crippen LogP) is 4.32. The Bertz CT molecular complexity index is 1370. The van der Waals surface area contributed by atoms with E-state index in [4.69, 9.17) is 30.8 Å². The maximum Gasteiger partial charge on any atom is 0.410 e. The molecule has 0 aliphatic carbocycles. The van der Waals surface area contributed by atoms with E-state index in [1.54, 1.807) is 13.3 Å². The van der Waals surface area contributed by atoms with Crippen molar-refractivity contribution in [2.75, 3.05) is 56.3 Å². The van der Waals surface area contributed by atoms with Crippen molar-refractivity contribution >= 4 is 40.2 Å². The molecule has 3 aliphatic rings. The Labute approximate surface area is 226 Å². The summed E-state index contributed by atoms with van der Waals surface area (Å²) < 4.78 is 16.9. The summed E-state index contributed by atoms with van der Waals surface area (Å²) in [6, 6.07) is 6.36. The van der Waals surface area contributed by atoms with E-state index in [-0.39, 0.29) is 18.2 Å². The molecule has 0 unspecified atom stereocenters. The van der Waals surface area contributed by atoms with Gasteiger partial charge in [-0.25, -0.2) is 14.8 Å². The number of benzene rings is 1. The molecule has 3 aliphatic heterocycles. The number of rotatable bonds is 4. The molecule has 2 aromatic heterocycles. The first-order valence-corrected chi connectivity index (χ1v) is 13.4. The van der Waals surface area contributed by atoms with Gasteiger partial charge >= 0.3 is 6.09 Å². The summed E-state index contributed by atoms with van der Waals surface area (Å²) in [5.74, 6) is 1.40. The number of pyridine rings is 1. The van der Waals surface area contributed by atoms with Crippen molar-refractivity contribution in [3.05, 3.63) is 29.4 Å². The van der Waals surface area contributed by atoms with Gasteiger partial charge in [-0.2, -0.15) is 0 Å². The van der Waals surface area contributed by atoms with Crippen molar-refractivity contribution in [1.82, 2.24) is 19.9 Å². The van der Waals surface area contributed by atoms with Gasteiger partial charge < -0.3 is 33.9 Å². The second kappa shape index (κ2) is 9.50. The number of carbonyl (C=O) groups excluding carboxylic acids is 1.